The quantitative estimate of drug-likeness (QED) is 0.525. The number of benzene rings is 2. The first kappa shape index (κ1) is 20.6. The molecule has 3 aromatic rings. The number of hydrogen-bond acceptors (Lipinski definition) is 4. The van der Waals surface area contributed by atoms with Crippen LogP contribution in [0.5, 0.6) is 0 Å². The number of nitrogens with zero attached hydrogens (tertiary/aromatic N) is 1. The van der Waals surface area contributed by atoms with Gasteiger partial charge in [0.05, 0.1) is 33.1 Å². The van der Waals surface area contributed by atoms with E-state index in [2.05, 4.69) is 0 Å². The molecule has 3 heterocycles. The number of fused-ring (bicyclic) bond motifs is 2. The van der Waals surface area contributed by atoms with Gasteiger partial charge in [-0.2, -0.15) is 0 Å². The Kier molecular flexibility index (Phi) is 5.08. The molecule has 0 N–H and O–H groups in total. The van der Waals surface area contributed by atoms with E-state index in [9.17, 15) is 9.59 Å². The molecule has 1 aromatic heterocycles. The topological polar surface area (TPSA) is 59.8 Å². The normalized spacial score (nSPS) is 20.6. The summed E-state index contributed by atoms with van der Waals surface area (Å²) in [6.07, 6.45) is 1.75. The van der Waals surface area contributed by atoms with Crippen LogP contribution in [0.1, 0.15) is 51.7 Å². The van der Waals surface area contributed by atoms with Gasteiger partial charge in [0.2, 0.25) is 5.76 Å². The average molecular weight is 458 g/mol. The molecule has 2 aromatic carbocycles. The Bertz CT molecular complexity index is 1280. The van der Waals surface area contributed by atoms with Crippen LogP contribution >= 0.6 is 23.2 Å². The first-order chi connectivity index (χ1) is 14.8. The summed E-state index contributed by atoms with van der Waals surface area (Å²) in [7, 11) is 0. The third-order valence-corrected chi connectivity index (χ3v) is 7.00. The maximum atomic E-state index is 13.6. The van der Waals surface area contributed by atoms with Gasteiger partial charge in [0.1, 0.15) is 5.58 Å². The second kappa shape index (κ2) is 7.66. The van der Waals surface area contributed by atoms with Crippen LogP contribution in [-0.2, 0) is 4.74 Å². The van der Waals surface area contributed by atoms with Crippen LogP contribution < -0.4 is 5.43 Å². The van der Waals surface area contributed by atoms with Gasteiger partial charge < -0.3 is 14.1 Å². The smallest absolute Gasteiger partial charge is 0.291 e. The highest BCUT2D eigenvalue weighted by Crippen LogP contribution is 2.40. The summed E-state index contributed by atoms with van der Waals surface area (Å²) in [5, 5.41) is 1.25. The van der Waals surface area contributed by atoms with Crippen molar-refractivity contribution in [3.05, 3.63) is 78.6 Å². The number of rotatable bonds is 3. The molecule has 2 aliphatic heterocycles. The van der Waals surface area contributed by atoms with Crippen molar-refractivity contribution in [3.63, 3.8) is 0 Å². The number of halogens is 2. The molecule has 1 saturated heterocycles. The van der Waals surface area contributed by atoms with Crippen molar-refractivity contribution in [1.82, 2.24) is 4.90 Å². The highest BCUT2D eigenvalue weighted by molar-refractivity contribution is 6.42. The fourth-order valence-electron chi connectivity index (χ4n) is 4.50. The van der Waals surface area contributed by atoms with Gasteiger partial charge in [-0.25, -0.2) is 0 Å². The van der Waals surface area contributed by atoms with E-state index in [0.29, 0.717) is 39.7 Å². The molecular weight excluding hydrogens is 437 g/mol. The molecule has 2 aliphatic rings. The van der Waals surface area contributed by atoms with Crippen molar-refractivity contribution in [2.24, 2.45) is 0 Å². The van der Waals surface area contributed by atoms with E-state index in [0.717, 1.165) is 29.5 Å². The largest absolute Gasteiger partial charge is 0.450 e. The third kappa shape index (κ3) is 3.36. The van der Waals surface area contributed by atoms with E-state index in [-0.39, 0.29) is 23.2 Å². The molecule has 31 heavy (non-hydrogen) atoms. The molecule has 0 bridgehead atoms. The number of ether oxygens (including phenoxy) is 1. The fourth-order valence-corrected chi connectivity index (χ4v) is 4.81. The van der Waals surface area contributed by atoms with Crippen LogP contribution in [0.3, 0.4) is 0 Å². The van der Waals surface area contributed by atoms with Gasteiger partial charge >= 0.3 is 0 Å². The summed E-state index contributed by atoms with van der Waals surface area (Å²) in [4.78, 5) is 28.7. The monoisotopic (exact) mass is 457 g/mol. The SMILES string of the molecule is Cc1cc2oc3c(c(=O)c2cc1C)C(c1ccc(Cl)c(Cl)c1)N(CC1CCCO1)C3=O. The van der Waals surface area contributed by atoms with E-state index < -0.39 is 6.04 Å². The fraction of sp³-hybridized carbons (Fsp3) is 0.333. The first-order valence-electron chi connectivity index (χ1n) is 10.3. The Labute approximate surface area is 189 Å². The van der Waals surface area contributed by atoms with Gasteiger partial charge in [-0.3, -0.25) is 9.59 Å². The molecule has 1 fully saturated rings. The minimum Gasteiger partial charge on any atom is -0.450 e. The highest BCUT2D eigenvalue weighted by Gasteiger charge is 2.44. The second-order valence-corrected chi connectivity index (χ2v) is 9.09. The van der Waals surface area contributed by atoms with Crippen LogP contribution in [0.15, 0.2) is 39.5 Å². The van der Waals surface area contributed by atoms with Gasteiger partial charge in [0, 0.05) is 13.2 Å². The van der Waals surface area contributed by atoms with E-state index in [1.807, 2.05) is 26.0 Å². The predicted octanol–water partition coefficient (Wildman–Crippen LogP) is 5.44. The number of aryl methyl sites for hydroxylation is 2. The maximum absolute atomic E-state index is 13.6. The Morgan fingerprint density at radius 2 is 1.84 bits per heavy atom. The molecule has 160 valence electrons. The summed E-state index contributed by atoms with van der Waals surface area (Å²) in [6.45, 7) is 4.96. The first-order valence-corrected chi connectivity index (χ1v) is 11.1. The van der Waals surface area contributed by atoms with Gasteiger partial charge in [-0.15, -0.1) is 0 Å². The standard InChI is InChI=1S/C24H21Cl2NO4/c1-12-8-16-19(9-13(12)2)31-23-20(22(16)28)21(14-5-6-17(25)18(26)10-14)27(24(23)29)11-15-4-3-7-30-15/h5-6,8-10,15,21H,3-4,7,11H2,1-2H3. The summed E-state index contributed by atoms with van der Waals surface area (Å²) in [6, 6.07) is 8.23. The Balaban J connectivity index is 1.73. The average Bonchev–Trinajstić information content (AvgIpc) is 3.34. The van der Waals surface area contributed by atoms with Gasteiger partial charge in [0.25, 0.3) is 5.91 Å². The van der Waals surface area contributed by atoms with Crippen LogP contribution in [0.2, 0.25) is 10.0 Å². The van der Waals surface area contributed by atoms with Crippen molar-refractivity contribution in [2.75, 3.05) is 13.2 Å². The zero-order chi connectivity index (χ0) is 21.9. The van der Waals surface area contributed by atoms with Crippen molar-refractivity contribution < 1.29 is 13.9 Å². The predicted molar refractivity (Wildman–Crippen MR) is 120 cm³/mol. The lowest BCUT2D eigenvalue weighted by Crippen LogP contribution is -2.36. The lowest BCUT2D eigenvalue weighted by atomic mass is 9.97. The third-order valence-electron chi connectivity index (χ3n) is 6.27. The van der Waals surface area contributed by atoms with E-state index in [1.165, 1.54) is 0 Å². The Morgan fingerprint density at radius 3 is 2.55 bits per heavy atom. The molecule has 5 nitrogen and oxygen atoms in total. The lowest BCUT2D eigenvalue weighted by molar-refractivity contribution is 0.0486. The Morgan fingerprint density at radius 1 is 1.06 bits per heavy atom. The van der Waals surface area contributed by atoms with Crippen molar-refractivity contribution in [2.45, 2.75) is 38.8 Å². The summed E-state index contributed by atoms with van der Waals surface area (Å²) in [5.41, 5.74) is 3.28. The van der Waals surface area contributed by atoms with Gasteiger partial charge in [-0.1, -0.05) is 29.3 Å². The molecule has 1 amide bonds. The summed E-state index contributed by atoms with van der Waals surface area (Å²) < 4.78 is 11.8. The van der Waals surface area contributed by atoms with Crippen molar-refractivity contribution >= 4 is 40.1 Å². The van der Waals surface area contributed by atoms with Gasteiger partial charge in [-0.05, 0) is 67.6 Å². The minimum atomic E-state index is -0.608. The second-order valence-electron chi connectivity index (χ2n) is 8.28. The van der Waals surface area contributed by atoms with Crippen LogP contribution in [-0.4, -0.2) is 30.1 Å². The molecule has 7 heteroatoms. The maximum Gasteiger partial charge on any atom is 0.291 e. The van der Waals surface area contributed by atoms with E-state index in [4.69, 9.17) is 32.4 Å². The molecule has 0 aliphatic carbocycles. The summed E-state index contributed by atoms with van der Waals surface area (Å²) >= 11 is 12.4. The number of amides is 1. The number of carbonyl (C=O) groups excluding carboxylic acids is 1. The van der Waals surface area contributed by atoms with Crippen molar-refractivity contribution in [1.29, 1.82) is 0 Å². The van der Waals surface area contributed by atoms with Gasteiger partial charge in [0.15, 0.2) is 5.43 Å². The number of carbonyl (C=O) groups is 1. The molecule has 2 atom stereocenters. The van der Waals surface area contributed by atoms with E-state index >= 15 is 0 Å². The minimum absolute atomic E-state index is 0.0717. The molecule has 0 spiro atoms. The van der Waals surface area contributed by atoms with E-state index in [1.54, 1.807) is 23.1 Å². The van der Waals surface area contributed by atoms with Crippen LogP contribution in [0.25, 0.3) is 11.0 Å². The molecule has 0 radical (unpaired) electrons. The Hall–Kier alpha value is -2.34. The molecular formula is C24H21Cl2NO4. The number of hydrogen-bond donors (Lipinski definition) is 0. The summed E-state index contributed by atoms with van der Waals surface area (Å²) in [5.74, 6) is -0.214. The van der Waals surface area contributed by atoms with Crippen LogP contribution in [0, 0.1) is 13.8 Å². The van der Waals surface area contributed by atoms with Crippen LogP contribution in [0.4, 0.5) is 0 Å². The zero-order valence-electron chi connectivity index (χ0n) is 17.2. The molecule has 2 unspecified atom stereocenters. The lowest BCUT2D eigenvalue weighted by Gasteiger charge is -2.27. The molecule has 0 saturated carbocycles. The highest BCUT2D eigenvalue weighted by atomic mass is 35.5. The zero-order valence-corrected chi connectivity index (χ0v) is 18.7. The molecule has 5 rings (SSSR count). The van der Waals surface area contributed by atoms with Crippen molar-refractivity contribution in [3.8, 4) is 0 Å².